The van der Waals surface area contributed by atoms with Gasteiger partial charge in [-0.2, -0.15) is 0 Å². The molecular weight excluding hydrogens is 208 g/mol. The molecule has 1 saturated carbocycles. The van der Waals surface area contributed by atoms with E-state index in [1.54, 1.807) is 0 Å². The van der Waals surface area contributed by atoms with Crippen LogP contribution in [0.5, 0.6) is 0 Å². The van der Waals surface area contributed by atoms with Crippen molar-refractivity contribution in [3.05, 3.63) is 0 Å². The zero-order chi connectivity index (χ0) is 12.1. The van der Waals surface area contributed by atoms with E-state index in [9.17, 15) is 0 Å². The summed E-state index contributed by atoms with van der Waals surface area (Å²) in [5.74, 6) is 0. The Labute approximate surface area is 107 Å². The maximum absolute atomic E-state index is 3.89. The number of hydrogen-bond donors (Lipinski definition) is 1. The smallest absolute Gasteiger partial charge is 0.0308 e. The molecule has 0 aromatic carbocycles. The van der Waals surface area contributed by atoms with Gasteiger partial charge in [0.1, 0.15) is 0 Å². The normalized spacial score (nSPS) is 26.3. The van der Waals surface area contributed by atoms with Crippen molar-refractivity contribution in [2.45, 2.75) is 76.8 Å². The molecule has 17 heavy (non-hydrogen) atoms. The highest BCUT2D eigenvalue weighted by Gasteiger charge is 2.36. The van der Waals surface area contributed by atoms with Gasteiger partial charge in [0.25, 0.3) is 0 Å². The van der Waals surface area contributed by atoms with E-state index in [1.165, 1.54) is 71.0 Å². The quantitative estimate of drug-likeness (QED) is 0.812. The molecule has 2 aliphatic rings. The fraction of sp³-hybridized carbons (Fsp3) is 1.00. The van der Waals surface area contributed by atoms with Gasteiger partial charge in [-0.1, -0.05) is 33.1 Å². The molecule has 0 aromatic rings. The molecule has 1 saturated heterocycles. The molecule has 1 aliphatic heterocycles. The second-order valence-electron chi connectivity index (χ2n) is 6.06. The van der Waals surface area contributed by atoms with Crippen molar-refractivity contribution >= 4 is 0 Å². The Morgan fingerprint density at radius 2 is 1.76 bits per heavy atom. The van der Waals surface area contributed by atoms with Gasteiger partial charge in [-0.25, -0.2) is 0 Å². The highest BCUT2D eigenvalue weighted by molar-refractivity contribution is 4.96. The summed E-state index contributed by atoms with van der Waals surface area (Å²) in [6, 6.07) is 0.814. The molecule has 1 spiro atoms. The second kappa shape index (κ2) is 6.19. The number of rotatable bonds is 3. The van der Waals surface area contributed by atoms with Crippen molar-refractivity contribution < 1.29 is 0 Å². The van der Waals surface area contributed by atoms with Crippen molar-refractivity contribution in [1.82, 2.24) is 10.2 Å². The molecule has 0 atom stereocenters. The summed E-state index contributed by atoms with van der Waals surface area (Å²) in [5, 5.41) is 3.89. The van der Waals surface area contributed by atoms with Gasteiger partial charge in [0.15, 0.2) is 0 Å². The summed E-state index contributed by atoms with van der Waals surface area (Å²) in [6.45, 7) is 8.54. The van der Waals surface area contributed by atoms with Crippen LogP contribution >= 0.6 is 0 Å². The molecular formula is C15H30N2. The minimum absolute atomic E-state index is 0.470. The van der Waals surface area contributed by atoms with Crippen molar-refractivity contribution in [3.8, 4) is 0 Å². The average molecular weight is 238 g/mol. The third-order valence-corrected chi connectivity index (χ3v) is 4.90. The topological polar surface area (TPSA) is 15.3 Å². The average Bonchev–Trinajstić information content (AvgIpc) is 2.55. The van der Waals surface area contributed by atoms with Crippen molar-refractivity contribution in [2.24, 2.45) is 0 Å². The predicted molar refractivity (Wildman–Crippen MR) is 74.4 cm³/mol. The Hall–Kier alpha value is -0.0800. The molecule has 0 aromatic heterocycles. The van der Waals surface area contributed by atoms with Gasteiger partial charge in [0.05, 0.1) is 0 Å². The highest BCUT2D eigenvalue weighted by Crippen LogP contribution is 2.31. The van der Waals surface area contributed by atoms with Crippen LogP contribution < -0.4 is 5.32 Å². The molecule has 2 nitrogen and oxygen atoms in total. The lowest BCUT2D eigenvalue weighted by Crippen LogP contribution is -2.54. The zero-order valence-corrected chi connectivity index (χ0v) is 11.8. The molecule has 100 valence electrons. The third kappa shape index (κ3) is 3.23. The van der Waals surface area contributed by atoms with Crippen molar-refractivity contribution in [3.63, 3.8) is 0 Å². The fourth-order valence-electron chi connectivity index (χ4n) is 3.84. The highest BCUT2D eigenvalue weighted by atomic mass is 15.2. The molecule has 0 radical (unpaired) electrons. The summed E-state index contributed by atoms with van der Waals surface area (Å²) in [7, 11) is 0. The summed E-state index contributed by atoms with van der Waals surface area (Å²) < 4.78 is 0. The van der Waals surface area contributed by atoms with Gasteiger partial charge in [-0.15, -0.1) is 0 Å². The summed E-state index contributed by atoms with van der Waals surface area (Å²) >= 11 is 0. The Balaban J connectivity index is 2.03. The first-order valence-electron chi connectivity index (χ1n) is 7.79. The zero-order valence-electron chi connectivity index (χ0n) is 11.8. The van der Waals surface area contributed by atoms with Gasteiger partial charge in [0, 0.05) is 18.1 Å². The van der Waals surface area contributed by atoms with Crippen LogP contribution in [0.3, 0.4) is 0 Å². The summed E-state index contributed by atoms with van der Waals surface area (Å²) in [4.78, 5) is 2.78. The minimum atomic E-state index is 0.470. The molecule has 2 heteroatoms. The van der Waals surface area contributed by atoms with Crippen molar-refractivity contribution in [2.75, 3.05) is 19.6 Å². The lowest BCUT2D eigenvalue weighted by Gasteiger charge is -2.42. The lowest BCUT2D eigenvalue weighted by atomic mass is 9.81. The minimum Gasteiger partial charge on any atom is -0.310 e. The van der Waals surface area contributed by atoms with E-state index >= 15 is 0 Å². The van der Waals surface area contributed by atoms with Crippen LogP contribution in [-0.2, 0) is 0 Å². The van der Waals surface area contributed by atoms with E-state index in [-0.39, 0.29) is 0 Å². The number of nitrogens with zero attached hydrogens (tertiary/aromatic N) is 1. The predicted octanol–water partition coefficient (Wildman–Crippen LogP) is 3.17. The standard InChI is InChI=1S/C15H30N2/c1-3-14(4-2)17-12-8-11-16-15(13-17)9-6-5-7-10-15/h14,16H,3-13H2,1-2H3. The largest absolute Gasteiger partial charge is 0.310 e. The Morgan fingerprint density at radius 3 is 2.41 bits per heavy atom. The van der Waals surface area contributed by atoms with Crippen LogP contribution in [0.25, 0.3) is 0 Å². The summed E-state index contributed by atoms with van der Waals surface area (Å²) in [6.07, 6.45) is 11.1. The first-order valence-corrected chi connectivity index (χ1v) is 7.79. The van der Waals surface area contributed by atoms with Gasteiger partial charge < -0.3 is 5.32 Å². The molecule has 1 heterocycles. The van der Waals surface area contributed by atoms with Crippen LogP contribution in [0.4, 0.5) is 0 Å². The second-order valence-corrected chi connectivity index (χ2v) is 6.06. The van der Waals surface area contributed by atoms with Gasteiger partial charge in [0.2, 0.25) is 0 Å². The Bertz CT molecular complexity index is 217. The monoisotopic (exact) mass is 238 g/mol. The molecule has 0 unspecified atom stereocenters. The maximum Gasteiger partial charge on any atom is 0.0308 e. The first kappa shape index (κ1) is 13.4. The van der Waals surface area contributed by atoms with Crippen LogP contribution in [0.2, 0.25) is 0 Å². The van der Waals surface area contributed by atoms with E-state index in [4.69, 9.17) is 0 Å². The van der Waals surface area contributed by atoms with E-state index in [2.05, 4.69) is 24.1 Å². The molecule has 2 fully saturated rings. The number of nitrogens with one attached hydrogen (secondary N) is 1. The molecule has 0 bridgehead atoms. The summed E-state index contributed by atoms with van der Waals surface area (Å²) in [5.41, 5.74) is 0.470. The molecule has 2 rings (SSSR count). The first-order chi connectivity index (χ1) is 8.29. The Kier molecular flexibility index (Phi) is 4.87. The van der Waals surface area contributed by atoms with E-state index in [1.807, 2.05) is 0 Å². The SMILES string of the molecule is CCC(CC)N1CCCNC2(CCCCC2)C1. The van der Waals surface area contributed by atoms with Crippen LogP contribution in [0, 0.1) is 0 Å². The van der Waals surface area contributed by atoms with E-state index in [0.717, 1.165) is 6.04 Å². The van der Waals surface area contributed by atoms with Crippen LogP contribution in [-0.4, -0.2) is 36.1 Å². The molecule has 1 aliphatic carbocycles. The van der Waals surface area contributed by atoms with Gasteiger partial charge in [-0.3, -0.25) is 4.90 Å². The fourth-order valence-corrected chi connectivity index (χ4v) is 3.84. The van der Waals surface area contributed by atoms with E-state index < -0.39 is 0 Å². The molecule has 1 N–H and O–H groups in total. The van der Waals surface area contributed by atoms with Crippen LogP contribution in [0.15, 0.2) is 0 Å². The maximum atomic E-state index is 3.89. The van der Waals surface area contributed by atoms with Crippen molar-refractivity contribution in [1.29, 1.82) is 0 Å². The van der Waals surface area contributed by atoms with Gasteiger partial charge in [-0.05, 0) is 45.2 Å². The Morgan fingerprint density at radius 1 is 1.06 bits per heavy atom. The van der Waals surface area contributed by atoms with Crippen LogP contribution in [0.1, 0.15) is 65.2 Å². The van der Waals surface area contributed by atoms with Gasteiger partial charge >= 0.3 is 0 Å². The number of hydrogen-bond acceptors (Lipinski definition) is 2. The lowest BCUT2D eigenvalue weighted by molar-refractivity contribution is 0.122. The molecule has 0 amide bonds. The van der Waals surface area contributed by atoms with E-state index in [0.29, 0.717) is 5.54 Å². The third-order valence-electron chi connectivity index (χ3n) is 4.90.